The van der Waals surface area contributed by atoms with E-state index in [9.17, 15) is 20.1 Å². The van der Waals surface area contributed by atoms with Gasteiger partial charge >= 0.3 is 5.97 Å². The summed E-state index contributed by atoms with van der Waals surface area (Å²) >= 11 is 0. The second-order valence-electron chi connectivity index (χ2n) is 3.78. The van der Waals surface area contributed by atoms with Gasteiger partial charge in [-0.1, -0.05) is 0 Å². The summed E-state index contributed by atoms with van der Waals surface area (Å²) in [6.45, 7) is 3.21. The van der Waals surface area contributed by atoms with Gasteiger partial charge in [0, 0.05) is 0 Å². The summed E-state index contributed by atoms with van der Waals surface area (Å²) in [5.41, 5.74) is -1.61. The van der Waals surface area contributed by atoms with Crippen molar-refractivity contribution in [3.8, 4) is 0 Å². The highest BCUT2D eigenvalue weighted by atomic mass is 16.5. The van der Waals surface area contributed by atoms with Crippen molar-refractivity contribution in [1.29, 1.82) is 0 Å². The molecule has 4 atom stereocenters. The molecule has 0 amide bonds. The molecule has 0 aliphatic heterocycles. The van der Waals surface area contributed by atoms with Crippen LogP contribution < -0.4 is 0 Å². The van der Waals surface area contributed by atoms with Gasteiger partial charge in [-0.05, 0) is 20.3 Å². The van der Waals surface area contributed by atoms with E-state index in [-0.39, 0.29) is 13.0 Å². The average Bonchev–Trinajstić information content (AvgIpc) is 2.30. The van der Waals surface area contributed by atoms with Gasteiger partial charge in [-0.25, -0.2) is 0 Å². The summed E-state index contributed by atoms with van der Waals surface area (Å²) in [4.78, 5) is 11.3. The molecule has 1 aliphatic carbocycles. The standard InChI is InChI=1S/C9H16O5/c1-3-14-8(12)5-4-6(10)7(11)9(5,2)13/h5-7,10-11,13H,3-4H2,1-2H3/t5-,6-,7-,9-/m1/s1. The van der Waals surface area contributed by atoms with Gasteiger partial charge in [0.25, 0.3) is 0 Å². The van der Waals surface area contributed by atoms with Crippen molar-refractivity contribution >= 4 is 5.97 Å². The Morgan fingerprint density at radius 1 is 1.57 bits per heavy atom. The molecule has 0 aromatic heterocycles. The normalized spacial score (nSPS) is 42.5. The average molecular weight is 204 g/mol. The van der Waals surface area contributed by atoms with E-state index in [1.807, 2.05) is 0 Å². The minimum absolute atomic E-state index is 0.0347. The number of carbonyl (C=O) groups is 1. The predicted molar refractivity (Wildman–Crippen MR) is 47.4 cm³/mol. The first-order chi connectivity index (χ1) is 6.41. The summed E-state index contributed by atoms with van der Waals surface area (Å²) in [5, 5.41) is 28.5. The van der Waals surface area contributed by atoms with Crippen LogP contribution in [0.4, 0.5) is 0 Å². The van der Waals surface area contributed by atoms with Crippen LogP contribution in [0.2, 0.25) is 0 Å². The van der Waals surface area contributed by atoms with Crippen molar-refractivity contribution in [1.82, 2.24) is 0 Å². The van der Waals surface area contributed by atoms with Crippen LogP contribution in [0.5, 0.6) is 0 Å². The van der Waals surface area contributed by atoms with Crippen molar-refractivity contribution in [2.75, 3.05) is 6.61 Å². The molecule has 0 unspecified atom stereocenters. The van der Waals surface area contributed by atoms with E-state index < -0.39 is 29.7 Å². The van der Waals surface area contributed by atoms with Crippen molar-refractivity contribution < 1.29 is 24.9 Å². The fourth-order valence-electron chi connectivity index (χ4n) is 1.78. The van der Waals surface area contributed by atoms with Gasteiger partial charge in [-0.3, -0.25) is 4.79 Å². The second kappa shape index (κ2) is 3.84. The maximum Gasteiger partial charge on any atom is 0.312 e. The third-order valence-electron chi connectivity index (χ3n) is 2.72. The van der Waals surface area contributed by atoms with E-state index in [1.54, 1.807) is 6.92 Å². The Morgan fingerprint density at radius 3 is 2.50 bits per heavy atom. The molecule has 5 nitrogen and oxygen atoms in total. The number of ether oxygens (including phenoxy) is 1. The first-order valence-corrected chi connectivity index (χ1v) is 4.66. The van der Waals surface area contributed by atoms with Crippen molar-refractivity contribution in [2.24, 2.45) is 5.92 Å². The SMILES string of the molecule is CCOC(=O)[C@H]1C[C@@H](O)[C@@H](O)[C@]1(C)O. The Labute approximate surface area is 82.3 Å². The maximum atomic E-state index is 11.3. The number of esters is 1. The van der Waals surface area contributed by atoms with Gasteiger partial charge < -0.3 is 20.1 Å². The summed E-state index contributed by atoms with van der Waals surface area (Å²) in [7, 11) is 0. The molecule has 0 aromatic carbocycles. The smallest absolute Gasteiger partial charge is 0.312 e. The fourth-order valence-corrected chi connectivity index (χ4v) is 1.78. The monoisotopic (exact) mass is 204 g/mol. The van der Waals surface area contributed by atoms with Gasteiger partial charge in [0.15, 0.2) is 0 Å². The molecule has 82 valence electrons. The van der Waals surface area contributed by atoms with E-state index in [2.05, 4.69) is 0 Å². The Bertz CT molecular complexity index is 225. The van der Waals surface area contributed by atoms with E-state index in [4.69, 9.17) is 4.74 Å². The van der Waals surface area contributed by atoms with Gasteiger partial charge in [-0.2, -0.15) is 0 Å². The number of aliphatic hydroxyl groups excluding tert-OH is 2. The number of rotatable bonds is 2. The highest BCUT2D eigenvalue weighted by Gasteiger charge is 2.53. The van der Waals surface area contributed by atoms with E-state index in [0.717, 1.165) is 0 Å². The first-order valence-electron chi connectivity index (χ1n) is 4.66. The molecule has 1 saturated carbocycles. The van der Waals surface area contributed by atoms with Gasteiger partial charge in [-0.15, -0.1) is 0 Å². The highest BCUT2D eigenvalue weighted by molar-refractivity contribution is 5.74. The predicted octanol–water partition coefficient (Wildman–Crippen LogP) is -0.958. The largest absolute Gasteiger partial charge is 0.466 e. The molecule has 0 spiro atoms. The fraction of sp³-hybridized carbons (Fsp3) is 0.889. The van der Waals surface area contributed by atoms with Crippen LogP contribution in [0.1, 0.15) is 20.3 Å². The zero-order valence-electron chi connectivity index (χ0n) is 8.30. The van der Waals surface area contributed by atoms with Crippen LogP contribution in [-0.2, 0) is 9.53 Å². The van der Waals surface area contributed by atoms with E-state index in [1.165, 1.54) is 6.92 Å². The lowest BCUT2D eigenvalue weighted by Crippen LogP contribution is -2.45. The molecular weight excluding hydrogens is 188 g/mol. The molecule has 5 heteroatoms. The third-order valence-corrected chi connectivity index (χ3v) is 2.72. The van der Waals surface area contributed by atoms with Crippen LogP contribution >= 0.6 is 0 Å². The van der Waals surface area contributed by atoms with Crippen LogP contribution in [0.15, 0.2) is 0 Å². The van der Waals surface area contributed by atoms with Gasteiger partial charge in [0.2, 0.25) is 0 Å². The summed E-state index contributed by atoms with van der Waals surface area (Å²) in [6, 6.07) is 0. The Morgan fingerprint density at radius 2 is 2.14 bits per heavy atom. The highest BCUT2D eigenvalue weighted by Crippen LogP contribution is 2.36. The Balaban J connectivity index is 2.76. The first kappa shape index (κ1) is 11.4. The third kappa shape index (κ3) is 1.75. The van der Waals surface area contributed by atoms with E-state index in [0.29, 0.717) is 0 Å². The van der Waals surface area contributed by atoms with E-state index >= 15 is 0 Å². The topological polar surface area (TPSA) is 87.0 Å². The number of carbonyl (C=O) groups excluding carboxylic acids is 1. The minimum Gasteiger partial charge on any atom is -0.466 e. The lowest BCUT2D eigenvalue weighted by atomic mass is 9.92. The molecule has 0 aromatic rings. The van der Waals surface area contributed by atoms with Gasteiger partial charge in [0.1, 0.15) is 11.7 Å². The number of aliphatic hydroxyl groups is 3. The molecule has 0 heterocycles. The molecule has 0 radical (unpaired) electrons. The lowest BCUT2D eigenvalue weighted by molar-refractivity contribution is -0.160. The zero-order valence-corrected chi connectivity index (χ0v) is 8.30. The molecule has 0 saturated heterocycles. The molecule has 1 fully saturated rings. The molecule has 0 bridgehead atoms. The summed E-state index contributed by atoms with van der Waals surface area (Å²) in [5.74, 6) is -1.43. The molecule has 3 N–H and O–H groups in total. The van der Waals surface area contributed by atoms with Gasteiger partial charge in [0.05, 0.1) is 18.6 Å². The molecule has 14 heavy (non-hydrogen) atoms. The van der Waals surface area contributed by atoms with Crippen molar-refractivity contribution in [3.05, 3.63) is 0 Å². The quantitative estimate of drug-likeness (QED) is 0.504. The minimum atomic E-state index is -1.61. The summed E-state index contributed by atoms with van der Waals surface area (Å²) < 4.78 is 4.74. The van der Waals surface area contributed by atoms with Crippen molar-refractivity contribution in [3.63, 3.8) is 0 Å². The van der Waals surface area contributed by atoms with Crippen LogP contribution in [0.3, 0.4) is 0 Å². The Hall–Kier alpha value is -0.650. The number of hydrogen-bond donors (Lipinski definition) is 3. The maximum absolute atomic E-state index is 11.3. The van der Waals surface area contributed by atoms with Crippen LogP contribution in [-0.4, -0.2) is 45.7 Å². The molecular formula is C9H16O5. The van der Waals surface area contributed by atoms with Crippen LogP contribution in [0.25, 0.3) is 0 Å². The zero-order chi connectivity index (χ0) is 10.9. The summed E-state index contributed by atoms with van der Waals surface area (Å²) in [6.07, 6.45) is -2.33. The molecule has 1 rings (SSSR count). The Kier molecular flexibility index (Phi) is 3.14. The second-order valence-corrected chi connectivity index (χ2v) is 3.78. The number of hydrogen-bond acceptors (Lipinski definition) is 5. The lowest BCUT2D eigenvalue weighted by Gasteiger charge is -2.26. The van der Waals surface area contributed by atoms with Crippen LogP contribution in [0, 0.1) is 5.92 Å². The molecule has 1 aliphatic rings. The van der Waals surface area contributed by atoms with Crippen molar-refractivity contribution in [2.45, 2.75) is 38.1 Å².